The van der Waals surface area contributed by atoms with Crippen LogP contribution in [-0.4, -0.2) is 47.5 Å². The summed E-state index contributed by atoms with van der Waals surface area (Å²) in [7, 11) is 0. The number of carbonyl (C=O) groups excluding carboxylic acids is 2. The Balaban J connectivity index is 1.38. The molecule has 180 valence electrons. The van der Waals surface area contributed by atoms with Gasteiger partial charge in [-0.3, -0.25) is 14.6 Å². The molecular formula is C28H29N3O3S. The number of amides is 2. The second-order valence-electron chi connectivity index (χ2n) is 8.99. The zero-order chi connectivity index (χ0) is 24.3. The number of pyridine rings is 1. The van der Waals surface area contributed by atoms with Crippen LogP contribution in [0.5, 0.6) is 0 Å². The number of piperidine rings is 1. The summed E-state index contributed by atoms with van der Waals surface area (Å²) in [4.78, 5) is 33.0. The number of nitrogens with zero attached hydrogens (tertiary/aromatic N) is 2. The number of carbonyl (C=O) groups is 2. The third-order valence-electron chi connectivity index (χ3n) is 7.14. The minimum atomic E-state index is -0.264. The van der Waals surface area contributed by atoms with Crippen LogP contribution < -0.4 is 5.32 Å². The lowest BCUT2D eigenvalue weighted by Gasteiger charge is -2.44. The molecule has 3 heterocycles. The topological polar surface area (TPSA) is 71.5 Å². The SMILES string of the molecule is CCO[C@H]1[C@H](NC(=O)c2cccnc2)c2ccccc2C12CCN(C(=O)/C=C/c1cccs1)CC2. The van der Waals surface area contributed by atoms with E-state index in [1.54, 1.807) is 41.9 Å². The van der Waals surface area contributed by atoms with Crippen LogP contribution in [0.2, 0.25) is 0 Å². The Morgan fingerprint density at radius 3 is 2.71 bits per heavy atom. The molecule has 2 amide bonds. The van der Waals surface area contributed by atoms with E-state index in [2.05, 4.69) is 28.5 Å². The fraction of sp³-hybridized carbons (Fsp3) is 0.321. The highest BCUT2D eigenvalue weighted by atomic mass is 32.1. The number of benzene rings is 1. The molecule has 1 aliphatic heterocycles. The third-order valence-corrected chi connectivity index (χ3v) is 7.97. The molecule has 0 radical (unpaired) electrons. The van der Waals surface area contributed by atoms with Crippen molar-refractivity contribution in [2.75, 3.05) is 19.7 Å². The molecule has 1 spiro atoms. The average Bonchev–Trinajstić information content (AvgIpc) is 3.51. The molecule has 1 aliphatic carbocycles. The van der Waals surface area contributed by atoms with Gasteiger partial charge in [-0.05, 0) is 60.5 Å². The Labute approximate surface area is 209 Å². The monoisotopic (exact) mass is 487 g/mol. The highest BCUT2D eigenvalue weighted by Crippen LogP contribution is 2.52. The van der Waals surface area contributed by atoms with Crippen molar-refractivity contribution in [3.8, 4) is 0 Å². The number of ether oxygens (including phenoxy) is 1. The average molecular weight is 488 g/mol. The van der Waals surface area contributed by atoms with Crippen LogP contribution in [0.4, 0.5) is 0 Å². The van der Waals surface area contributed by atoms with Crippen molar-refractivity contribution in [2.24, 2.45) is 0 Å². The van der Waals surface area contributed by atoms with E-state index >= 15 is 0 Å². The first-order valence-electron chi connectivity index (χ1n) is 12.0. The Kier molecular flexibility index (Phi) is 6.79. The van der Waals surface area contributed by atoms with Gasteiger partial charge in [0.2, 0.25) is 5.91 Å². The van der Waals surface area contributed by atoms with Gasteiger partial charge in [-0.25, -0.2) is 0 Å². The third kappa shape index (κ3) is 4.54. The Bertz CT molecular complexity index is 1200. The molecule has 2 aromatic heterocycles. The van der Waals surface area contributed by atoms with E-state index in [1.165, 1.54) is 5.56 Å². The summed E-state index contributed by atoms with van der Waals surface area (Å²) in [5, 5.41) is 5.24. The maximum absolute atomic E-state index is 13.1. The van der Waals surface area contributed by atoms with Crippen LogP contribution in [0.15, 0.2) is 72.4 Å². The largest absolute Gasteiger partial charge is 0.375 e. The zero-order valence-corrected chi connectivity index (χ0v) is 20.5. The summed E-state index contributed by atoms with van der Waals surface area (Å²) in [5.74, 6) is -0.125. The molecule has 2 atom stereocenters. The van der Waals surface area contributed by atoms with Crippen LogP contribution in [-0.2, 0) is 14.9 Å². The Morgan fingerprint density at radius 2 is 2.00 bits per heavy atom. The first kappa shape index (κ1) is 23.5. The van der Waals surface area contributed by atoms with Gasteiger partial charge >= 0.3 is 0 Å². The molecule has 0 saturated carbocycles. The lowest BCUT2D eigenvalue weighted by molar-refractivity contribution is -0.128. The first-order chi connectivity index (χ1) is 17.1. The van der Waals surface area contributed by atoms with Crippen LogP contribution >= 0.6 is 11.3 Å². The standard InChI is InChI=1S/C28H29N3O3S/c1-2-34-26-25(30-27(33)20-7-5-15-29-19-20)22-9-3-4-10-23(22)28(26)13-16-31(17-14-28)24(32)12-11-21-8-6-18-35-21/h3-12,15,18-19,25-26H,2,13-14,16-17H2,1H3,(H,30,33)/b12-11+/t25-,26+/m1/s1. The van der Waals surface area contributed by atoms with Gasteiger partial charge in [0, 0.05) is 48.5 Å². The molecule has 1 fully saturated rings. The highest BCUT2D eigenvalue weighted by Gasteiger charge is 2.54. The van der Waals surface area contributed by atoms with E-state index in [-0.39, 0.29) is 29.4 Å². The number of likely N-dealkylation sites (tertiary alicyclic amines) is 1. The van der Waals surface area contributed by atoms with E-state index in [0.717, 1.165) is 23.3 Å². The molecule has 7 heteroatoms. The molecule has 1 aromatic carbocycles. The highest BCUT2D eigenvalue weighted by molar-refractivity contribution is 7.10. The van der Waals surface area contributed by atoms with Gasteiger partial charge in [0.05, 0.1) is 17.7 Å². The second kappa shape index (κ2) is 10.1. The number of aromatic nitrogens is 1. The smallest absolute Gasteiger partial charge is 0.253 e. The summed E-state index contributed by atoms with van der Waals surface area (Å²) in [6.07, 6.45) is 8.15. The lowest BCUT2D eigenvalue weighted by Crippen LogP contribution is -2.51. The van der Waals surface area contributed by atoms with Crippen LogP contribution in [0.1, 0.15) is 52.2 Å². The molecule has 35 heavy (non-hydrogen) atoms. The molecule has 5 rings (SSSR count). The van der Waals surface area contributed by atoms with Gasteiger partial charge in [0.1, 0.15) is 0 Å². The summed E-state index contributed by atoms with van der Waals surface area (Å²) < 4.78 is 6.37. The van der Waals surface area contributed by atoms with E-state index in [0.29, 0.717) is 25.3 Å². The number of rotatable bonds is 6. The number of hydrogen-bond acceptors (Lipinski definition) is 5. The maximum atomic E-state index is 13.1. The quantitative estimate of drug-likeness (QED) is 0.516. The molecule has 1 saturated heterocycles. The lowest BCUT2D eigenvalue weighted by atomic mass is 9.71. The Morgan fingerprint density at radius 1 is 1.17 bits per heavy atom. The molecule has 3 aromatic rings. The van der Waals surface area contributed by atoms with Crippen molar-refractivity contribution < 1.29 is 14.3 Å². The summed E-state index contributed by atoms with van der Waals surface area (Å²) >= 11 is 1.62. The fourth-order valence-electron chi connectivity index (χ4n) is 5.49. The van der Waals surface area contributed by atoms with Crippen molar-refractivity contribution in [3.05, 3.63) is 93.9 Å². The molecule has 2 aliphatic rings. The van der Waals surface area contributed by atoms with E-state index in [9.17, 15) is 9.59 Å². The van der Waals surface area contributed by atoms with Crippen LogP contribution in [0, 0.1) is 0 Å². The van der Waals surface area contributed by atoms with Gasteiger partial charge in [0.25, 0.3) is 5.91 Å². The molecule has 0 unspecified atom stereocenters. The van der Waals surface area contributed by atoms with Crippen molar-refractivity contribution in [3.63, 3.8) is 0 Å². The molecule has 1 N–H and O–H groups in total. The molecule has 0 bridgehead atoms. The van der Waals surface area contributed by atoms with Crippen molar-refractivity contribution in [1.29, 1.82) is 0 Å². The summed E-state index contributed by atoms with van der Waals surface area (Å²) in [6.45, 7) is 3.83. The summed E-state index contributed by atoms with van der Waals surface area (Å²) in [6, 6.07) is 15.6. The maximum Gasteiger partial charge on any atom is 0.253 e. The predicted octanol–water partition coefficient (Wildman–Crippen LogP) is 4.61. The van der Waals surface area contributed by atoms with E-state index in [1.807, 2.05) is 41.5 Å². The van der Waals surface area contributed by atoms with E-state index < -0.39 is 0 Å². The first-order valence-corrected chi connectivity index (χ1v) is 12.9. The van der Waals surface area contributed by atoms with Gasteiger partial charge in [-0.1, -0.05) is 30.3 Å². The van der Waals surface area contributed by atoms with Crippen molar-refractivity contribution >= 4 is 29.2 Å². The van der Waals surface area contributed by atoms with Crippen molar-refractivity contribution in [1.82, 2.24) is 15.2 Å². The number of thiophene rings is 1. The van der Waals surface area contributed by atoms with Gasteiger partial charge in [0.15, 0.2) is 0 Å². The number of nitrogens with one attached hydrogen (secondary N) is 1. The van der Waals surface area contributed by atoms with Gasteiger partial charge < -0.3 is 15.0 Å². The van der Waals surface area contributed by atoms with Crippen LogP contribution in [0.3, 0.4) is 0 Å². The molecule has 6 nitrogen and oxygen atoms in total. The minimum Gasteiger partial charge on any atom is -0.375 e. The van der Waals surface area contributed by atoms with Crippen molar-refractivity contribution in [2.45, 2.75) is 37.3 Å². The Hall–Kier alpha value is -3.29. The number of hydrogen-bond donors (Lipinski definition) is 1. The van der Waals surface area contributed by atoms with E-state index in [4.69, 9.17) is 4.74 Å². The molecular weight excluding hydrogens is 458 g/mol. The van der Waals surface area contributed by atoms with Gasteiger partial charge in [-0.2, -0.15) is 0 Å². The normalized spacial score (nSPS) is 20.8. The number of fused-ring (bicyclic) bond motifs is 2. The predicted molar refractivity (Wildman–Crippen MR) is 137 cm³/mol. The minimum absolute atomic E-state index is 0.0360. The fourth-order valence-corrected chi connectivity index (χ4v) is 6.11. The zero-order valence-electron chi connectivity index (χ0n) is 19.7. The van der Waals surface area contributed by atoms with Gasteiger partial charge in [-0.15, -0.1) is 11.3 Å². The summed E-state index contributed by atoms with van der Waals surface area (Å²) in [5.41, 5.74) is 2.59. The van der Waals surface area contributed by atoms with Crippen LogP contribution in [0.25, 0.3) is 6.08 Å². The second-order valence-corrected chi connectivity index (χ2v) is 9.97.